The molecule has 6 atom stereocenters. The Hall–Kier alpha value is -5.75. The quantitative estimate of drug-likeness (QED) is 0.120. The number of azo groups is 1. The number of fused-ring (bicyclic) bond motifs is 4. The zero-order valence-corrected chi connectivity index (χ0v) is 30.2. The number of imide groups is 2. The topological polar surface area (TPSA) is 123 Å². The van der Waals surface area contributed by atoms with Gasteiger partial charge < -0.3 is 10.0 Å². The highest BCUT2D eigenvalue weighted by Gasteiger charge is 2.68. The Balaban J connectivity index is 1.14. The van der Waals surface area contributed by atoms with Gasteiger partial charge in [0.1, 0.15) is 5.82 Å². The van der Waals surface area contributed by atoms with E-state index < -0.39 is 76.0 Å². The number of nitrogens with zero attached hydrogens (tertiary/aromatic N) is 5. The van der Waals surface area contributed by atoms with Gasteiger partial charge in [-0.2, -0.15) is 10.2 Å². The Labute approximate surface area is 314 Å². The summed E-state index contributed by atoms with van der Waals surface area (Å²) in [7, 11) is 3.89. The molecular formula is C41H34ClF2N5O5. The number of phenolic OH excluding ortho intramolecular Hbond substituents is 1. The molecule has 4 aliphatic rings. The third kappa shape index (κ3) is 5.33. The second-order valence-corrected chi connectivity index (χ2v) is 15.0. The van der Waals surface area contributed by atoms with Crippen LogP contribution in [0.5, 0.6) is 5.75 Å². The SMILES string of the molecule is CN(C)c1ccc(N=Nc2ccc(N3C(=O)[C@H]4[C@H](CC=C5[C@H]4C[C@H]4C(=O)N(c6ccc(F)c(Cl)c6)C(=O)[C@@]4(C)[C@H]5c4cccc(F)c4O)C3=O)cc2)cc1. The molecule has 0 aromatic heterocycles. The number of amides is 4. The van der Waals surface area contributed by atoms with Crippen molar-refractivity contribution in [2.45, 2.75) is 25.7 Å². The van der Waals surface area contributed by atoms with Gasteiger partial charge in [0.2, 0.25) is 23.6 Å². The first kappa shape index (κ1) is 35.3. The number of carbonyl (C=O) groups excluding carboxylic acids is 4. The number of para-hydroxylation sites is 1. The second kappa shape index (κ2) is 13.0. The van der Waals surface area contributed by atoms with E-state index >= 15 is 0 Å². The van der Waals surface area contributed by atoms with Crippen LogP contribution < -0.4 is 14.7 Å². The van der Waals surface area contributed by atoms with Crippen LogP contribution in [0.2, 0.25) is 5.02 Å². The third-order valence-electron chi connectivity index (χ3n) is 11.5. The fourth-order valence-electron chi connectivity index (χ4n) is 8.85. The fraction of sp³-hybridized carbons (Fsp3) is 0.268. The van der Waals surface area contributed by atoms with Gasteiger partial charge >= 0.3 is 0 Å². The highest BCUT2D eigenvalue weighted by atomic mass is 35.5. The summed E-state index contributed by atoms with van der Waals surface area (Å²) in [6, 6.07) is 21.6. The molecule has 274 valence electrons. The molecule has 1 N–H and O–H groups in total. The lowest BCUT2D eigenvalue weighted by Crippen LogP contribution is -2.49. The van der Waals surface area contributed by atoms with Crippen molar-refractivity contribution in [3.63, 3.8) is 0 Å². The lowest BCUT2D eigenvalue weighted by molar-refractivity contribution is -0.131. The predicted octanol–water partition coefficient (Wildman–Crippen LogP) is 8.24. The number of rotatable bonds is 6. The molecule has 2 saturated heterocycles. The number of anilines is 3. The molecule has 0 radical (unpaired) electrons. The Morgan fingerprint density at radius 3 is 2.09 bits per heavy atom. The van der Waals surface area contributed by atoms with Gasteiger partial charge in [-0.25, -0.2) is 13.7 Å². The number of carbonyl (C=O) groups is 4. The molecule has 3 fully saturated rings. The van der Waals surface area contributed by atoms with Crippen molar-refractivity contribution in [1.82, 2.24) is 0 Å². The van der Waals surface area contributed by atoms with Crippen LogP contribution in [0.1, 0.15) is 31.2 Å². The number of halogens is 3. The van der Waals surface area contributed by atoms with Gasteiger partial charge in [-0.15, -0.1) is 0 Å². The van der Waals surface area contributed by atoms with Crippen molar-refractivity contribution in [2.24, 2.45) is 39.3 Å². The first-order valence-electron chi connectivity index (χ1n) is 17.5. The predicted molar refractivity (Wildman–Crippen MR) is 198 cm³/mol. The summed E-state index contributed by atoms with van der Waals surface area (Å²) in [6.45, 7) is 1.60. The summed E-state index contributed by atoms with van der Waals surface area (Å²) in [4.78, 5) is 61.4. The summed E-state index contributed by atoms with van der Waals surface area (Å²) in [6.07, 6.45) is 2.00. The normalized spacial score (nSPS) is 26.3. The van der Waals surface area contributed by atoms with E-state index in [0.29, 0.717) is 22.6 Å². The number of aromatic hydroxyl groups is 1. The van der Waals surface area contributed by atoms with E-state index in [2.05, 4.69) is 10.2 Å². The minimum atomic E-state index is -1.54. The zero-order valence-electron chi connectivity index (χ0n) is 29.4. The fourth-order valence-corrected chi connectivity index (χ4v) is 9.03. The molecule has 8 rings (SSSR count). The molecular weight excluding hydrogens is 716 g/mol. The lowest BCUT2D eigenvalue weighted by Gasteiger charge is -2.49. The number of benzene rings is 4. The minimum Gasteiger partial charge on any atom is -0.505 e. The molecule has 4 amide bonds. The summed E-state index contributed by atoms with van der Waals surface area (Å²) in [5, 5.41) is 19.4. The van der Waals surface area contributed by atoms with Crippen molar-refractivity contribution in [1.29, 1.82) is 0 Å². The summed E-state index contributed by atoms with van der Waals surface area (Å²) in [5.41, 5.74) is 1.72. The average Bonchev–Trinajstić information content (AvgIpc) is 3.53. The van der Waals surface area contributed by atoms with E-state index in [4.69, 9.17) is 11.6 Å². The van der Waals surface area contributed by atoms with E-state index in [1.54, 1.807) is 37.3 Å². The van der Waals surface area contributed by atoms with Crippen molar-refractivity contribution >= 4 is 63.7 Å². The van der Waals surface area contributed by atoms with Gasteiger partial charge in [0, 0.05) is 31.3 Å². The smallest absolute Gasteiger partial charge is 0.241 e. The van der Waals surface area contributed by atoms with Crippen LogP contribution in [-0.2, 0) is 19.2 Å². The summed E-state index contributed by atoms with van der Waals surface area (Å²) >= 11 is 6.06. The maximum absolute atomic E-state index is 15.0. The molecule has 1 saturated carbocycles. The van der Waals surface area contributed by atoms with E-state index in [1.807, 2.05) is 43.3 Å². The monoisotopic (exact) mass is 749 g/mol. The summed E-state index contributed by atoms with van der Waals surface area (Å²) < 4.78 is 29.1. The molecule has 2 aliphatic carbocycles. The molecule has 2 aliphatic heterocycles. The number of allylic oxidation sites excluding steroid dienone is 2. The van der Waals surface area contributed by atoms with E-state index in [9.17, 15) is 33.1 Å². The minimum absolute atomic E-state index is 0.0355. The van der Waals surface area contributed by atoms with Crippen LogP contribution in [0.4, 0.5) is 37.2 Å². The van der Waals surface area contributed by atoms with Gasteiger partial charge in [0.25, 0.3) is 0 Å². The molecule has 54 heavy (non-hydrogen) atoms. The van der Waals surface area contributed by atoms with Crippen LogP contribution in [-0.4, -0.2) is 42.8 Å². The van der Waals surface area contributed by atoms with Crippen LogP contribution in [0.15, 0.2) is 107 Å². The Morgan fingerprint density at radius 1 is 0.796 bits per heavy atom. The molecule has 13 heteroatoms. The lowest BCUT2D eigenvalue weighted by atomic mass is 9.51. The van der Waals surface area contributed by atoms with E-state index in [1.165, 1.54) is 24.3 Å². The Morgan fingerprint density at radius 2 is 1.44 bits per heavy atom. The standard InChI is InChI=1S/C41H34ClF2N5O5/c1-41-30(38(52)49(40(41)54)25-15-18-32(43)31(42)19-25)20-29-26(35(41)28-5-4-6-33(44)36(28)50)16-17-27-34(29)39(53)48(37(27)51)24-13-9-22(10-14-24)46-45-21-7-11-23(12-8-21)47(2)3/h4-16,18-19,27,29-30,34-35,50H,17,20H2,1-3H3/t27-,29+,30-,34-,35+,41+/m0/s1. The molecule has 4 aromatic rings. The van der Waals surface area contributed by atoms with E-state index in [-0.39, 0.29) is 29.1 Å². The highest BCUT2D eigenvalue weighted by Crippen LogP contribution is 2.64. The number of hydrogen-bond acceptors (Lipinski definition) is 8. The van der Waals surface area contributed by atoms with Gasteiger partial charge in [-0.05, 0) is 98.5 Å². The number of hydrogen-bond donors (Lipinski definition) is 1. The van der Waals surface area contributed by atoms with Crippen molar-refractivity contribution in [2.75, 3.05) is 28.8 Å². The summed E-state index contributed by atoms with van der Waals surface area (Å²) in [5.74, 6) is -8.80. The van der Waals surface area contributed by atoms with Crippen LogP contribution in [0.3, 0.4) is 0 Å². The Bertz CT molecular complexity index is 2310. The van der Waals surface area contributed by atoms with E-state index in [0.717, 1.165) is 27.6 Å². The van der Waals surface area contributed by atoms with Crippen molar-refractivity contribution in [3.8, 4) is 5.75 Å². The first-order chi connectivity index (χ1) is 25.8. The van der Waals surface area contributed by atoms with Gasteiger partial charge in [-0.3, -0.25) is 24.1 Å². The first-order valence-corrected chi connectivity index (χ1v) is 17.9. The third-order valence-corrected chi connectivity index (χ3v) is 11.8. The highest BCUT2D eigenvalue weighted by molar-refractivity contribution is 6.32. The molecule has 0 bridgehead atoms. The van der Waals surface area contributed by atoms with Crippen LogP contribution in [0, 0.1) is 40.7 Å². The van der Waals surface area contributed by atoms with Gasteiger partial charge in [0.15, 0.2) is 11.6 Å². The largest absolute Gasteiger partial charge is 0.505 e. The number of phenols is 1. The van der Waals surface area contributed by atoms with Crippen molar-refractivity contribution < 1.29 is 33.1 Å². The zero-order chi connectivity index (χ0) is 38.2. The van der Waals surface area contributed by atoms with Crippen molar-refractivity contribution in [3.05, 3.63) is 119 Å². The maximum atomic E-state index is 15.0. The van der Waals surface area contributed by atoms with Gasteiger partial charge in [-0.1, -0.05) is 35.4 Å². The Kier molecular flexibility index (Phi) is 8.48. The molecule has 4 aromatic carbocycles. The molecule has 0 unspecified atom stereocenters. The molecule has 10 nitrogen and oxygen atoms in total. The van der Waals surface area contributed by atoms with Gasteiger partial charge in [0.05, 0.1) is 50.9 Å². The molecule has 2 heterocycles. The maximum Gasteiger partial charge on any atom is 0.241 e. The average molecular weight is 750 g/mol. The van der Waals surface area contributed by atoms with Crippen LogP contribution >= 0.6 is 11.6 Å². The van der Waals surface area contributed by atoms with Crippen LogP contribution in [0.25, 0.3) is 0 Å². The second-order valence-electron chi connectivity index (χ2n) is 14.6. The molecule has 0 spiro atoms.